The van der Waals surface area contributed by atoms with Crippen LogP contribution in [-0.2, 0) is 32.1 Å². The lowest BCUT2D eigenvalue weighted by Crippen LogP contribution is -2.63. The van der Waals surface area contributed by atoms with Crippen LogP contribution in [0.4, 0.5) is 0 Å². The highest BCUT2D eigenvalue weighted by Gasteiger charge is 2.61. The van der Waals surface area contributed by atoms with Crippen molar-refractivity contribution < 1.29 is 34.5 Å². The van der Waals surface area contributed by atoms with E-state index in [0.717, 1.165) is 11.1 Å². The monoisotopic (exact) mass is 515 g/mol. The molecule has 0 aliphatic heterocycles. The number of rotatable bonds is 6. The van der Waals surface area contributed by atoms with Gasteiger partial charge in [-0.05, 0) is 70.8 Å². The molecule has 1 aromatic rings. The first kappa shape index (κ1) is 27.1. The van der Waals surface area contributed by atoms with Gasteiger partial charge < -0.3 is 25.8 Å². The summed E-state index contributed by atoms with van der Waals surface area (Å²) < 4.78 is 5.86. The van der Waals surface area contributed by atoms with Crippen molar-refractivity contribution in [1.29, 1.82) is 0 Å². The number of aromatic hydroxyl groups is 1. The van der Waals surface area contributed by atoms with E-state index in [4.69, 9.17) is 15.3 Å². The number of hydrogen-bond acceptors (Lipinski definition) is 9. The van der Waals surface area contributed by atoms with E-state index >= 15 is 0 Å². The van der Waals surface area contributed by atoms with E-state index in [1.807, 2.05) is 20.8 Å². The Bertz CT molecular complexity index is 1200. The van der Waals surface area contributed by atoms with Crippen LogP contribution in [0.15, 0.2) is 29.0 Å². The topological polar surface area (TPSA) is 155 Å². The van der Waals surface area contributed by atoms with Gasteiger partial charge in [-0.2, -0.15) is 5.48 Å². The Morgan fingerprint density at radius 1 is 1.24 bits per heavy atom. The second kappa shape index (κ2) is 9.43. The molecule has 10 heteroatoms. The van der Waals surface area contributed by atoms with E-state index < -0.39 is 34.9 Å². The molecule has 0 heterocycles. The Balaban J connectivity index is 1.83. The summed E-state index contributed by atoms with van der Waals surface area (Å²) in [4.78, 5) is 33.8. The first-order valence-electron chi connectivity index (χ1n) is 12.4. The number of nitrogens with zero attached hydrogens (tertiary/aromatic N) is 1. The molecular formula is C27H37N3O7. The van der Waals surface area contributed by atoms with E-state index in [2.05, 4.69) is 5.48 Å². The largest absolute Gasteiger partial charge is 0.510 e. The number of methoxy groups -OCH3 is 1. The minimum atomic E-state index is -1.50. The van der Waals surface area contributed by atoms with E-state index in [1.54, 1.807) is 25.1 Å². The molecule has 202 valence electrons. The predicted molar refractivity (Wildman–Crippen MR) is 136 cm³/mol. The Labute approximate surface area is 216 Å². The third-order valence-corrected chi connectivity index (χ3v) is 7.77. The van der Waals surface area contributed by atoms with Gasteiger partial charge in [-0.1, -0.05) is 6.07 Å². The first-order chi connectivity index (χ1) is 17.2. The van der Waals surface area contributed by atoms with Crippen LogP contribution in [0.5, 0.6) is 5.75 Å². The number of hydroxylamine groups is 1. The number of likely N-dealkylation sites (N-methyl/N-ethyl adjacent to an activating group) is 1. The van der Waals surface area contributed by atoms with Crippen LogP contribution >= 0.6 is 0 Å². The lowest BCUT2D eigenvalue weighted by molar-refractivity contribution is -0.157. The molecule has 3 aliphatic carbocycles. The highest BCUT2D eigenvalue weighted by atomic mass is 16.7. The molecule has 1 saturated carbocycles. The minimum absolute atomic E-state index is 0.0602. The van der Waals surface area contributed by atoms with E-state index in [-0.39, 0.29) is 46.3 Å². The zero-order chi connectivity index (χ0) is 27.4. The average Bonchev–Trinajstić information content (AvgIpc) is 2.79. The molecule has 0 radical (unpaired) electrons. The van der Waals surface area contributed by atoms with Gasteiger partial charge in [0.1, 0.15) is 22.9 Å². The van der Waals surface area contributed by atoms with Gasteiger partial charge in [0.15, 0.2) is 5.78 Å². The maximum absolute atomic E-state index is 14.2. The van der Waals surface area contributed by atoms with Crippen molar-refractivity contribution in [1.82, 2.24) is 10.4 Å². The molecule has 0 bridgehead atoms. The van der Waals surface area contributed by atoms with Crippen LogP contribution in [0, 0.1) is 11.8 Å². The molecule has 1 fully saturated rings. The molecule has 3 aliphatic rings. The highest BCUT2D eigenvalue weighted by molar-refractivity contribution is 6.10. The molecule has 1 amide bonds. The van der Waals surface area contributed by atoms with Crippen molar-refractivity contribution in [3.05, 3.63) is 45.7 Å². The van der Waals surface area contributed by atoms with Crippen LogP contribution < -0.4 is 11.2 Å². The number of ether oxygens (including phenoxy) is 1. The third-order valence-electron chi connectivity index (χ3n) is 7.77. The lowest BCUT2D eigenvalue weighted by Gasteiger charge is -2.53. The smallest absolute Gasteiger partial charge is 0.248 e. The average molecular weight is 516 g/mol. The number of phenols is 1. The van der Waals surface area contributed by atoms with Gasteiger partial charge in [-0.25, -0.2) is 0 Å². The summed E-state index contributed by atoms with van der Waals surface area (Å²) in [6.45, 7) is 6.09. The molecule has 4 rings (SSSR count). The van der Waals surface area contributed by atoms with Gasteiger partial charge >= 0.3 is 0 Å². The number of hydrogen-bond donors (Lipinski definition) is 5. The second-order valence-corrected chi connectivity index (χ2v) is 11.4. The molecule has 10 nitrogen and oxygen atoms in total. The number of fused-ring (bicyclic) bond motifs is 3. The Hall–Kier alpha value is -2.92. The zero-order valence-corrected chi connectivity index (χ0v) is 22.2. The van der Waals surface area contributed by atoms with Gasteiger partial charge in [-0.3, -0.25) is 19.3 Å². The number of aliphatic hydroxyl groups excluding tert-OH is 2. The van der Waals surface area contributed by atoms with Crippen LogP contribution in [0.25, 0.3) is 5.76 Å². The number of amides is 1. The molecule has 4 atom stereocenters. The van der Waals surface area contributed by atoms with Gasteiger partial charge in [0, 0.05) is 31.6 Å². The molecule has 1 aromatic carbocycles. The van der Waals surface area contributed by atoms with Crippen molar-refractivity contribution in [2.75, 3.05) is 21.2 Å². The summed E-state index contributed by atoms with van der Waals surface area (Å²) >= 11 is 0. The number of aliphatic hydroxyl groups is 2. The van der Waals surface area contributed by atoms with E-state index in [0.29, 0.717) is 19.4 Å². The number of primary amides is 1. The van der Waals surface area contributed by atoms with E-state index in [1.165, 1.54) is 13.2 Å². The van der Waals surface area contributed by atoms with Crippen LogP contribution in [0.2, 0.25) is 0 Å². The number of Topliss-reactive ketones (excluding diaryl/α,β-unsaturated/α-hetero) is 1. The summed E-state index contributed by atoms with van der Waals surface area (Å²) in [5.74, 6) is -2.76. The standard InChI is InChI=1S/C27H37N3O7/c1-26(2,3)37-29-12-13-7-8-18(31)20-15(13)9-14-10-17-21(30(4)5)22(32)16(25(28)35)11-27(17,36-6)24(34)19(14)23(20)33/h7-8,14,17,21,29,31-33H,9-12H2,1-6H3,(H2,28,35)/t14-,17-,21-,27-/m0/s1. The SMILES string of the molecule is CO[C@@]12CC(C(N)=O)=C(O)[C@@H](N(C)C)[C@@H]1C[C@@H]1Cc3c(CNOC(C)(C)C)ccc(O)c3C(O)=C1C2=O. The van der Waals surface area contributed by atoms with Crippen molar-refractivity contribution in [2.45, 2.75) is 63.8 Å². The summed E-state index contributed by atoms with van der Waals surface area (Å²) in [5.41, 5.74) is 8.49. The lowest BCUT2D eigenvalue weighted by atomic mass is 9.57. The number of carbonyl (C=O) groups is 2. The molecular weight excluding hydrogens is 478 g/mol. The predicted octanol–water partition coefficient (Wildman–Crippen LogP) is 2.26. The molecule has 0 unspecified atom stereocenters. The fraction of sp³-hybridized carbons (Fsp3) is 0.556. The Kier molecular flexibility index (Phi) is 6.91. The minimum Gasteiger partial charge on any atom is -0.510 e. The van der Waals surface area contributed by atoms with Crippen molar-refractivity contribution in [2.24, 2.45) is 17.6 Å². The molecule has 0 spiro atoms. The molecule has 0 saturated heterocycles. The molecule has 6 N–H and O–H groups in total. The first-order valence-corrected chi connectivity index (χ1v) is 12.4. The third kappa shape index (κ3) is 4.41. The van der Waals surface area contributed by atoms with Crippen LogP contribution in [0.3, 0.4) is 0 Å². The molecule has 0 aromatic heterocycles. The Morgan fingerprint density at radius 2 is 1.92 bits per heavy atom. The maximum atomic E-state index is 14.2. The van der Waals surface area contributed by atoms with Crippen LogP contribution in [-0.4, -0.2) is 70.4 Å². The number of nitrogens with one attached hydrogen (secondary N) is 1. The number of nitrogens with two attached hydrogens (primary N) is 1. The normalized spacial score (nSPS) is 27.8. The second-order valence-electron chi connectivity index (χ2n) is 11.4. The van der Waals surface area contributed by atoms with Crippen molar-refractivity contribution >= 4 is 17.4 Å². The fourth-order valence-corrected chi connectivity index (χ4v) is 6.19. The summed E-state index contributed by atoms with van der Waals surface area (Å²) in [7, 11) is 4.90. The van der Waals surface area contributed by atoms with Gasteiger partial charge in [0.05, 0.1) is 22.8 Å². The van der Waals surface area contributed by atoms with Crippen LogP contribution in [0.1, 0.15) is 50.3 Å². The number of phenolic OH excluding ortho intramolecular Hbond substituents is 1. The maximum Gasteiger partial charge on any atom is 0.248 e. The van der Waals surface area contributed by atoms with Gasteiger partial charge in [0.25, 0.3) is 0 Å². The zero-order valence-electron chi connectivity index (χ0n) is 22.2. The van der Waals surface area contributed by atoms with E-state index in [9.17, 15) is 24.9 Å². The number of ketones is 1. The summed E-state index contributed by atoms with van der Waals surface area (Å²) in [5, 5.41) is 33.1. The van der Waals surface area contributed by atoms with Crippen molar-refractivity contribution in [3.8, 4) is 5.75 Å². The number of carbonyl (C=O) groups excluding carboxylic acids is 2. The quantitative estimate of drug-likeness (QED) is 0.359. The number of benzene rings is 1. The van der Waals surface area contributed by atoms with Gasteiger partial charge in [0.2, 0.25) is 5.91 Å². The summed E-state index contributed by atoms with van der Waals surface area (Å²) in [6.07, 6.45) is 0.596. The molecule has 37 heavy (non-hydrogen) atoms. The van der Waals surface area contributed by atoms with Gasteiger partial charge in [-0.15, -0.1) is 0 Å². The summed E-state index contributed by atoms with van der Waals surface area (Å²) in [6, 6.07) is 2.57. The Morgan fingerprint density at radius 3 is 2.49 bits per heavy atom. The highest BCUT2D eigenvalue weighted by Crippen LogP contribution is 2.54. The van der Waals surface area contributed by atoms with Crippen molar-refractivity contribution in [3.63, 3.8) is 0 Å². The fourth-order valence-electron chi connectivity index (χ4n) is 6.19.